The first kappa shape index (κ1) is 16.8. The van der Waals surface area contributed by atoms with Crippen molar-refractivity contribution in [2.75, 3.05) is 6.54 Å². The summed E-state index contributed by atoms with van der Waals surface area (Å²) in [6.45, 7) is 0.689. The van der Waals surface area contributed by atoms with Gasteiger partial charge < -0.3 is 9.32 Å². The third kappa shape index (κ3) is 3.48. The van der Waals surface area contributed by atoms with Gasteiger partial charge in [-0.15, -0.1) is 0 Å². The third-order valence-electron chi connectivity index (χ3n) is 4.55. The van der Waals surface area contributed by atoms with Crippen molar-refractivity contribution in [1.29, 1.82) is 0 Å². The van der Waals surface area contributed by atoms with E-state index in [1.807, 2.05) is 30.3 Å². The van der Waals surface area contributed by atoms with Gasteiger partial charge in [-0.3, -0.25) is 9.78 Å². The summed E-state index contributed by atoms with van der Waals surface area (Å²) in [5.74, 6) is 1.29. The number of carbonyl (C=O) groups is 1. The summed E-state index contributed by atoms with van der Waals surface area (Å²) >= 11 is 5.92. The average Bonchev–Trinajstić information content (AvgIpc) is 3.33. The molecule has 1 aromatic carbocycles. The van der Waals surface area contributed by atoms with Gasteiger partial charge in [-0.05, 0) is 42.7 Å². The van der Waals surface area contributed by atoms with Crippen LogP contribution in [0, 0.1) is 0 Å². The first-order valence-corrected chi connectivity index (χ1v) is 8.99. The summed E-state index contributed by atoms with van der Waals surface area (Å²) in [5, 5.41) is 0.710. The zero-order valence-corrected chi connectivity index (χ0v) is 14.9. The number of benzene rings is 1. The SMILES string of the molecule is O=C(c1ccccn1)N1CCC[C@@H]1c1ncc(Cc2ccc(Cl)cc2)o1. The van der Waals surface area contributed by atoms with Crippen molar-refractivity contribution in [1.82, 2.24) is 14.9 Å². The highest BCUT2D eigenvalue weighted by molar-refractivity contribution is 6.30. The molecule has 1 amide bonds. The molecule has 0 saturated carbocycles. The minimum atomic E-state index is -0.136. The van der Waals surface area contributed by atoms with E-state index in [1.165, 1.54) is 0 Å². The average molecular weight is 368 g/mol. The zero-order valence-electron chi connectivity index (χ0n) is 14.1. The van der Waals surface area contributed by atoms with E-state index in [2.05, 4.69) is 9.97 Å². The van der Waals surface area contributed by atoms with Crippen molar-refractivity contribution in [3.63, 3.8) is 0 Å². The van der Waals surface area contributed by atoms with Gasteiger partial charge in [-0.2, -0.15) is 0 Å². The molecule has 3 aromatic rings. The van der Waals surface area contributed by atoms with E-state index >= 15 is 0 Å². The smallest absolute Gasteiger partial charge is 0.273 e. The number of aromatic nitrogens is 2. The second-order valence-electron chi connectivity index (χ2n) is 6.34. The lowest BCUT2D eigenvalue weighted by atomic mass is 10.1. The highest BCUT2D eigenvalue weighted by Gasteiger charge is 2.34. The molecule has 2 aromatic heterocycles. The van der Waals surface area contributed by atoms with Gasteiger partial charge in [0.05, 0.1) is 6.20 Å². The highest BCUT2D eigenvalue weighted by atomic mass is 35.5. The van der Waals surface area contributed by atoms with Crippen LogP contribution in [-0.4, -0.2) is 27.3 Å². The van der Waals surface area contributed by atoms with Crippen LogP contribution in [0.1, 0.15) is 46.6 Å². The molecule has 1 saturated heterocycles. The maximum absolute atomic E-state index is 12.7. The standard InChI is InChI=1S/C20H18ClN3O2/c21-15-8-6-14(7-9-15)12-16-13-23-19(26-16)18-5-3-11-24(18)20(25)17-4-1-2-10-22-17/h1-2,4,6-10,13,18H,3,5,11-12H2/t18-/m1/s1. The van der Waals surface area contributed by atoms with E-state index in [4.69, 9.17) is 16.0 Å². The van der Waals surface area contributed by atoms with Gasteiger partial charge in [0.15, 0.2) is 0 Å². The van der Waals surface area contributed by atoms with Crippen LogP contribution >= 0.6 is 11.6 Å². The number of hydrogen-bond donors (Lipinski definition) is 0. The van der Waals surface area contributed by atoms with Crippen LogP contribution < -0.4 is 0 Å². The van der Waals surface area contributed by atoms with Crippen LogP contribution in [-0.2, 0) is 6.42 Å². The van der Waals surface area contributed by atoms with Crippen LogP contribution in [0.3, 0.4) is 0 Å². The number of nitrogens with zero attached hydrogens (tertiary/aromatic N) is 3. The lowest BCUT2D eigenvalue weighted by Gasteiger charge is -2.21. The minimum absolute atomic E-state index is 0.0782. The number of pyridine rings is 1. The Hall–Kier alpha value is -2.66. The van der Waals surface area contributed by atoms with Crippen LogP contribution in [0.25, 0.3) is 0 Å². The fourth-order valence-electron chi connectivity index (χ4n) is 3.26. The molecule has 1 atom stereocenters. The number of likely N-dealkylation sites (tertiary alicyclic amines) is 1. The fourth-order valence-corrected chi connectivity index (χ4v) is 3.39. The van der Waals surface area contributed by atoms with Crippen molar-refractivity contribution in [3.05, 3.63) is 82.8 Å². The summed E-state index contributed by atoms with van der Waals surface area (Å²) in [4.78, 5) is 23.1. The number of hydrogen-bond acceptors (Lipinski definition) is 4. The zero-order chi connectivity index (χ0) is 17.9. The summed E-state index contributed by atoms with van der Waals surface area (Å²) in [6, 6.07) is 12.9. The number of carbonyl (C=O) groups excluding carboxylic acids is 1. The van der Waals surface area contributed by atoms with Gasteiger partial charge in [0.1, 0.15) is 17.5 Å². The second kappa shape index (κ2) is 7.30. The van der Waals surface area contributed by atoms with Crippen molar-refractivity contribution in [2.45, 2.75) is 25.3 Å². The molecule has 1 aliphatic rings. The van der Waals surface area contributed by atoms with Crippen molar-refractivity contribution in [3.8, 4) is 0 Å². The van der Waals surface area contributed by atoms with Crippen LogP contribution in [0.4, 0.5) is 0 Å². The van der Waals surface area contributed by atoms with Gasteiger partial charge in [0, 0.05) is 24.2 Å². The minimum Gasteiger partial charge on any atom is -0.443 e. The molecular formula is C20H18ClN3O2. The first-order valence-electron chi connectivity index (χ1n) is 8.62. The maximum atomic E-state index is 12.7. The normalized spacial score (nSPS) is 16.8. The molecule has 0 unspecified atom stereocenters. The van der Waals surface area contributed by atoms with Crippen molar-refractivity contribution in [2.24, 2.45) is 0 Å². The molecule has 5 nitrogen and oxygen atoms in total. The molecule has 4 rings (SSSR count). The van der Waals surface area contributed by atoms with Crippen LogP contribution in [0.15, 0.2) is 59.3 Å². The fraction of sp³-hybridized carbons (Fsp3) is 0.250. The molecule has 0 radical (unpaired) electrons. The van der Waals surface area contributed by atoms with Crippen LogP contribution in [0.5, 0.6) is 0 Å². The molecule has 0 bridgehead atoms. The number of oxazole rings is 1. The van der Waals surface area contributed by atoms with E-state index in [0.717, 1.165) is 24.2 Å². The summed E-state index contributed by atoms with van der Waals surface area (Å²) in [5.41, 5.74) is 1.55. The molecule has 0 N–H and O–H groups in total. The Morgan fingerprint density at radius 3 is 2.81 bits per heavy atom. The van der Waals surface area contributed by atoms with E-state index < -0.39 is 0 Å². The largest absolute Gasteiger partial charge is 0.443 e. The Labute approximate surface area is 156 Å². The van der Waals surface area contributed by atoms with E-state index in [9.17, 15) is 4.79 Å². The summed E-state index contributed by atoms with van der Waals surface area (Å²) in [6.07, 6.45) is 5.79. The van der Waals surface area contributed by atoms with Gasteiger partial charge in [0.25, 0.3) is 5.91 Å². The van der Waals surface area contributed by atoms with E-state index in [-0.39, 0.29) is 11.9 Å². The second-order valence-corrected chi connectivity index (χ2v) is 6.78. The van der Waals surface area contributed by atoms with Gasteiger partial charge >= 0.3 is 0 Å². The highest BCUT2D eigenvalue weighted by Crippen LogP contribution is 2.32. The quantitative estimate of drug-likeness (QED) is 0.690. The lowest BCUT2D eigenvalue weighted by molar-refractivity contribution is 0.0708. The summed E-state index contributed by atoms with van der Waals surface area (Å²) < 4.78 is 5.96. The molecule has 132 valence electrons. The molecule has 3 heterocycles. The Balaban J connectivity index is 1.51. The van der Waals surface area contributed by atoms with Crippen LogP contribution in [0.2, 0.25) is 5.02 Å². The van der Waals surface area contributed by atoms with Gasteiger partial charge in [-0.1, -0.05) is 29.8 Å². The molecule has 26 heavy (non-hydrogen) atoms. The lowest BCUT2D eigenvalue weighted by Crippen LogP contribution is -2.31. The first-order chi connectivity index (χ1) is 12.7. The molecule has 1 aliphatic heterocycles. The molecule has 1 fully saturated rings. The topological polar surface area (TPSA) is 59.2 Å². The molecule has 0 aliphatic carbocycles. The van der Waals surface area contributed by atoms with E-state index in [0.29, 0.717) is 29.6 Å². The number of halogens is 1. The third-order valence-corrected chi connectivity index (χ3v) is 4.80. The number of amides is 1. The molecular weight excluding hydrogens is 350 g/mol. The predicted octanol–water partition coefficient (Wildman–Crippen LogP) is 4.29. The van der Waals surface area contributed by atoms with E-state index in [1.54, 1.807) is 29.4 Å². The Bertz CT molecular complexity index is 893. The Morgan fingerprint density at radius 1 is 1.19 bits per heavy atom. The predicted molar refractivity (Wildman–Crippen MR) is 98.0 cm³/mol. The summed E-state index contributed by atoms with van der Waals surface area (Å²) in [7, 11) is 0. The van der Waals surface area contributed by atoms with Gasteiger partial charge in [-0.25, -0.2) is 4.98 Å². The maximum Gasteiger partial charge on any atom is 0.273 e. The van der Waals surface area contributed by atoms with Gasteiger partial charge in [0.2, 0.25) is 5.89 Å². The van der Waals surface area contributed by atoms with Crippen molar-refractivity contribution >= 4 is 17.5 Å². The molecule has 0 spiro atoms. The Morgan fingerprint density at radius 2 is 2.04 bits per heavy atom. The van der Waals surface area contributed by atoms with Crippen molar-refractivity contribution < 1.29 is 9.21 Å². The monoisotopic (exact) mass is 367 g/mol. The number of rotatable bonds is 4. The molecule has 6 heteroatoms. The Kier molecular flexibility index (Phi) is 4.71.